The Labute approximate surface area is 197 Å². The highest BCUT2D eigenvalue weighted by Crippen LogP contribution is 2.40. The molecule has 0 radical (unpaired) electrons. The first-order valence-electron chi connectivity index (χ1n) is 10.8. The summed E-state index contributed by atoms with van der Waals surface area (Å²) >= 11 is 7.52. The Bertz CT molecular complexity index is 1180. The summed E-state index contributed by atoms with van der Waals surface area (Å²) in [4.78, 5) is 14.1. The van der Waals surface area contributed by atoms with Gasteiger partial charge in [-0.15, -0.1) is 0 Å². The Balaban J connectivity index is 1.55. The lowest BCUT2D eigenvalue weighted by molar-refractivity contribution is 0.286. The van der Waals surface area contributed by atoms with Crippen LogP contribution in [-0.4, -0.2) is 56.6 Å². The largest absolute Gasteiger partial charge is 0.352 e. The number of benzene rings is 1. The van der Waals surface area contributed by atoms with Crippen molar-refractivity contribution in [2.45, 2.75) is 18.5 Å². The van der Waals surface area contributed by atoms with Crippen molar-refractivity contribution < 1.29 is 0 Å². The van der Waals surface area contributed by atoms with Gasteiger partial charge in [0.1, 0.15) is 0 Å². The molecule has 8 heteroatoms. The molecule has 0 unspecified atom stereocenters. The van der Waals surface area contributed by atoms with Crippen LogP contribution in [0.3, 0.4) is 0 Å². The summed E-state index contributed by atoms with van der Waals surface area (Å²) in [5.41, 5.74) is 3.18. The van der Waals surface area contributed by atoms with Gasteiger partial charge in [0.2, 0.25) is 0 Å². The number of nitrogens with zero attached hydrogens (tertiary/aromatic N) is 5. The summed E-state index contributed by atoms with van der Waals surface area (Å²) in [6, 6.07) is 18.6. The predicted molar refractivity (Wildman–Crippen MR) is 134 cm³/mol. The fourth-order valence-electron chi connectivity index (χ4n) is 4.30. The molecule has 1 aliphatic heterocycles. The van der Waals surface area contributed by atoms with Gasteiger partial charge < -0.3 is 15.1 Å². The maximum Gasteiger partial charge on any atom is 0.194 e. The normalized spacial score (nSPS) is 18.6. The van der Waals surface area contributed by atoms with Crippen molar-refractivity contribution >= 4 is 38.9 Å². The molecule has 4 heterocycles. The lowest BCUT2D eigenvalue weighted by Gasteiger charge is -2.28. The molecule has 1 saturated heterocycles. The molecule has 0 amide bonds. The Morgan fingerprint density at radius 2 is 1.94 bits per heavy atom. The molecule has 2 atom stereocenters. The molecule has 1 fully saturated rings. The molecule has 6 nitrogen and oxygen atoms in total. The highest BCUT2D eigenvalue weighted by molar-refractivity contribution is 7.80. The number of hydrogen-bond donors (Lipinski definition) is 1. The molecule has 32 heavy (non-hydrogen) atoms. The number of para-hydroxylation sites is 1. The fourth-order valence-corrected chi connectivity index (χ4v) is 5.60. The second-order valence-corrected chi connectivity index (χ2v) is 9.64. The van der Waals surface area contributed by atoms with Crippen molar-refractivity contribution in [3.05, 3.63) is 78.4 Å². The van der Waals surface area contributed by atoms with Crippen LogP contribution in [0.15, 0.2) is 67.0 Å². The molecule has 3 aromatic heterocycles. The monoisotopic (exact) mass is 462 g/mol. The zero-order valence-electron chi connectivity index (χ0n) is 18.2. The second-order valence-electron chi connectivity index (χ2n) is 8.24. The maximum atomic E-state index is 5.81. The van der Waals surface area contributed by atoms with Gasteiger partial charge in [-0.1, -0.05) is 29.5 Å². The third-order valence-corrected chi connectivity index (χ3v) is 7.16. The van der Waals surface area contributed by atoms with Crippen LogP contribution in [0.25, 0.3) is 15.3 Å². The van der Waals surface area contributed by atoms with Gasteiger partial charge in [-0.25, -0.2) is 4.98 Å². The molecule has 1 aromatic carbocycles. The minimum absolute atomic E-state index is 0.0221. The van der Waals surface area contributed by atoms with E-state index in [1.165, 1.54) is 4.70 Å². The van der Waals surface area contributed by atoms with Gasteiger partial charge in [-0.2, -0.15) is 0 Å². The number of rotatable bonds is 7. The van der Waals surface area contributed by atoms with Crippen LogP contribution in [0.2, 0.25) is 0 Å². The Kier molecular flexibility index (Phi) is 5.91. The first-order valence-corrected chi connectivity index (χ1v) is 12.0. The summed E-state index contributed by atoms with van der Waals surface area (Å²) in [5.74, 6) is 0. The Morgan fingerprint density at radius 1 is 1.09 bits per heavy atom. The number of thiazole rings is 1. The number of fused-ring (bicyclic) bond motifs is 1. The van der Waals surface area contributed by atoms with E-state index >= 15 is 0 Å². The molecule has 0 bridgehead atoms. The van der Waals surface area contributed by atoms with E-state index in [1.54, 1.807) is 11.3 Å². The van der Waals surface area contributed by atoms with E-state index < -0.39 is 0 Å². The zero-order valence-corrected chi connectivity index (χ0v) is 19.8. The van der Waals surface area contributed by atoms with E-state index in [1.807, 2.05) is 24.4 Å². The number of thiocarbonyl (C=S) groups is 1. The van der Waals surface area contributed by atoms with E-state index in [0.717, 1.165) is 46.7 Å². The second kappa shape index (κ2) is 8.97. The van der Waals surface area contributed by atoms with Crippen LogP contribution in [0.5, 0.6) is 0 Å². The smallest absolute Gasteiger partial charge is 0.194 e. The first kappa shape index (κ1) is 21.1. The van der Waals surface area contributed by atoms with Gasteiger partial charge in [0, 0.05) is 18.9 Å². The number of nitrogens with one attached hydrogen (secondary N) is 1. The quantitative estimate of drug-likeness (QED) is 0.411. The van der Waals surface area contributed by atoms with Crippen molar-refractivity contribution in [1.29, 1.82) is 0 Å². The lowest BCUT2D eigenvalue weighted by Crippen LogP contribution is -2.32. The van der Waals surface area contributed by atoms with Crippen LogP contribution < -0.4 is 5.32 Å². The molecule has 164 valence electrons. The van der Waals surface area contributed by atoms with Crippen LogP contribution in [-0.2, 0) is 0 Å². The van der Waals surface area contributed by atoms with Crippen LogP contribution >= 0.6 is 23.6 Å². The topological polar surface area (TPSA) is 49.2 Å². The summed E-state index contributed by atoms with van der Waals surface area (Å²) < 4.78 is 3.39. The van der Waals surface area contributed by atoms with Gasteiger partial charge in [0.25, 0.3) is 0 Å². The first-order chi connectivity index (χ1) is 15.6. The highest BCUT2D eigenvalue weighted by Gasteiger charge is 2.41. The Hall–Kier alpha value is -2.81. The van der Waals surface area contributed by atoms with E-state index in [-0.39, 0.29) is 12.1 Å². The summed E-state index contributed by atoms with van der Waals surface area (Å²) in [7, 11) is 4.21. The lowest BCUT2D eigenvalue weighted by atomic mass is 10.0. The molecular formula is C24H26N6S2. The molecule has 0 spiro atoms. The fraction of sp³-hybridized carbons (Fsp3) is 0.292. The molecule has 1 N–H and O–H groups in total. The van der Waals surface area contributed by atoms with Crippen molar-refractivity contribution in [2.75, 3.05) is 27.2 Å². The van der Waals surface area contributed by atoms with E-state index in [2.05, 4.69) is 81.4 Å². The van der Waals surface area contributed by atoms with Gasteiger partial charge in [-0.05, 0) is 75.7 Å². The van der Waals surface area contributed by atoms with Crippen molar-refractivity contribution in [2.24, 2.45) is 0 Å². The summed E-state index contributed by atoms with van der Waals surface area (Å²) in [5, 5.41) is 5.30. The summed E-state index contributed by atoms with van der Waals surface area (Å²) in [6.45, 7) is 1.89. The molecule has 5 rings (SSSR count). The highest BCUT2D eigenvalue weighted by atomic mass is 32.1. The van der Waals surface area contributed by atoms with Crippen molar-refractivity contribution in [3.8, 4) is 5.13 Å². The number of aromatic nitrogens is 3. The van der Waals surface area contributed by atoms with Crippen LogP contribution in [0, 0.1) is 0 Å². The van der Waals surface area contributed by atoms with Crippen LogP contribution in [0.1, 0.15) is 29.9 Å². The van der Waals surface area contributed by atoms with Crippen molar-refractivity contribution in [3.63, 3.8) is 0 Å². The third-order valence-electron chi connectivity index (χ3n) is 5.77. The standard InChI is InChI=1S/C24H26N6S2/c1-28(2)14-8-16-30-22(21(27-23(30)31)18-10-5-6-13-25-18)19-11-7-15-29(19)24-26-17-9-3-4-12-20(17)32-24/h3-7,9-13,15,21-22H,8,14,16H2,1-2H3,(H,27,31)/t21-,22-/m0/s1. The van der Waals surface area contributed by atoms with E-state index in [9.17, 15) is 0 Å². The number of hydrogen-bond acceptors (Lipinski definition) is 5. The third kappa shape index (κ3) is 4.01. The summed E-state index contributed by atoms with van der Waals surface area (Å²) in [6.07, 6.45) is 4.97. The SMILES string of the molecule is CN(C)CCCN1C(=S)N[C@@H](c2ccccn2)[C@@H]1c1cccn1-c1nc2ccccc2s1. The van der Waals surface area contributed by atoms with E-state index in [4.69, 9.17) is 17.2 Å². The maximum absolute atomic E-state index is 5.81. The Morgan fingerprint density at radius 3 is 2.72 bits per heavy atom. The molecule has 0 aliphatic carbocycles. The predicted octanol–water partition coefficient (Wildman–Crippen LogP) is 4.41. The van der Waals surface area contributed by atoms with Gasteiger partial charge in [0.15, 0.2) is 10.2 Å². The van der Waals surface area contributed by atoms with E-state index in [0.29, 0.717) is 0 Å². The minimum atomic E-state index is -0.0221. The van der Waals surface area contributed by atoms with Gasteiger partial charge in [0.05, 0.1) is 33.7 Å². The number of pyridine rings is 1. The average molecular weight is 463 g/mol. The van der Waals surface area contributed by atoms with Crippen molar-refractivity contribution in [1.82, 2.24) is 29.7 Å². The average Bonchev–Trinajstić information content (AvgIpc) is 3.51. The molecule has 4 aromatic rings. The molecular weight excluding hydrogens is 436 g/mol. The van der Waals surface area contributed by atoms with Crippen LogP contribution in [0.4, 0.5) is 0 Å². The van der Waals surface area contributed by atoms with Gasteiger partial charge >= 0.3 is 0 Å². The zero-order chi connectivity index (χ0) is 22.1. The molecule has 1 aliphatic rings. The molecule has 0 saturated carbocycles. The van der Waals surface area contributed by atoms with Gasteiger partial charge in [-0.3, -0.25) is 9.55 Å². The minimum Gasteiger partial charge on any atom is -0.352 e.